The summed E-state index contributed by atoms with van der Waals surface area (Å²) in [6.07, 6.45) is -0.901. The first-order valence-corrected chi connectivity index (χ1v) is 8.93. The van der Waals surface area contributed by atoms with E-state index in [1.165, 1.54) is 0 Å². The van der Waals surface area contributed by atoms with E-state index in [0.29, 0.717) is 27.1 Å². The number of nitrogens with two attached hydrogens (primary N) is 1. The maximum absolute atomic E-state index is 9.69. The number of rotatable bonds is 2. The van der Waals surface area contributed by atoms with Crippen molar-refractivity contribution in [2.24, 2.45) is 5.73 Å². The molecule has 1 aliphatic heterocycles. The fraction of sp³-hybridized carbons (Fsp3) is 0.100. The number of nitrogens with zero attached hydrogens (tertiary/aromatic N) is 3. The maximum atomic E-state index is 9.69. The number of nitriles is 1. The van der Waals surface area contributed by atoms with E-state index < -0.39 is 6.23 Å². The summed E-state index contributed by atoms with van der Waals surface area (Å²) in [4.78, 5) is 0. The topological polar surface area (TPSA) is 76.9 Å². The highest BCUT2D eigenvalue weighted by atomic mass is 35.5. The minimum Gasteiger partial charge on any atom is -0.453 e. The van der Waals surface area contributed by atoms with Crippen LogP contribution in [0, 0.1) is 18.3 Å². The zero-order valence-corrected chi connectivity index (χ0v) is 15.8. The average Bonchev–Trinajstić information content (AvgIpc) is 2.97. The lowest BCUT2D eigenvalue weighted by Crippen LogP contribution is -2.33. The summed E-state index contributed by atoms with van der Waals surface area (Å²) >= 11 is 12.1. The zero-order valence-electron chi connectivity index (χ0n) is 14.3. The van der Waals surface area contributed by atoms with Crippen LogP contribution in [0.15, 0.2) is 54.1 Å². The van der Waals surface area contributed by atoms with Gasteiger partial charge in [-0.05, 0) is 42.8 Å². The zero-order chi connectivity index (χ0) is 19.1. The Morgan fingerprint density at radius 2 is 1.89 bits per heavy atom. The molecule has 1 aliphatic rings. The van der Waals surface area contributed by atoms with Gasteiger partial charge in [0.15, 0.2) is 6.23 Å². The minimum absolute atomic E-state index is 0.346. The van der Waals surface area contributed by atoms with Crippen LogP contribution in [0.25, 0.3) is 11.3 Å². The minimum atomic E-state index is -0.901. The lowest BCUT2D eigenvalue weighted by Gasteiger charge is -2.24. The average molecular weight is 397 g/mol. The van der Waals surface area contributed by atoms with Crippen molar-refractivity contribution >= 4 is 28.8 Å². The van der Waals surface area contributed by atoms with E-state index in [0.717, 1.165) is 22.5 Å². The quantitative estimate of drug-likeness (QED) is 0.691. The molecular weight excluding hydrogens is 383 g/mol. The van der Waals surface area contributed by atoms with Gasteiger partial charge in [-0.3, -0.25) is 5.73 Å². The highest BCUT2D eigenvalue weighted by Gasteiger charge is 2.33. The Hall–Kier alpha value is -2.78. The predicted octanol–water partition coefficient (Wildman–Crippen LogP) is 4.49. The first kappa shape index (κ1) is 17.6. The third-order valence-corrected chi connectivity index (χ3v) is 4.85. The van der Waals surface area contributed by atoms with Gasteiger partial charge in [0.2, 0.25) is 5.88 Å². The number of benzene rings is 2. The van der Waals surface area contributed by atoms with Gasteiger partial charge >= 0.3 is 0 Å². The van der Waals surface area contributed by atoms with Crippen LogP contribution in [0.5, 0.6) is 5.88 Å². The largest absolute Gasteiger partial charge is 0.453 e. The Labute approximate surface area is 166 Å². The summed E-state index contributed by atoms with van der Waals surface area (Å²) in [6, 6.07) is 16.7. The Kier molecular flexibility index (Phi) is 4.40. The molecule has 0 bridgehead atoms. The molecule has 2 aromatic carbocycles. The standard InChI is InChI=1S/C20H14Cl2N4O/c1-11-17-18(12-5-7-13(21)8-6-12)16(10-23)19(24)27-20(17)26(25-11)15-4-2-3-14(22)9-15/h2-9,19H,24H2,1H3. The molecule has 27 heavy (non-hydrogen) atoms. The summed E-state index contributed by atoms with van der Waals surface area (Å²) in [5, 5.41) is 15.5. The third kappa shape index (κ3) is 2.98. The van der Waals surface area contributed by atoms with Crippen LogP contribution >= 0.6 is 23.2 Å². The fourth-order valence-electron chi connectivity index (χ4n) is 3.18. The summed E-state index contributed by atoms with van der Waals surface area (Å²) in [5.74, 6) is 0.478. The second kappa shape index (κ2) is 6.75. The fourth-order valence-corrected chi connectivity index (χ4v) is 3.49. The van der Waals surface area contributed by atoms with Gasteiger partial charge in [0.1, 0.15) is 6.07 Å². The SMILES string of the molecule is Cc1nn(-c2cccc(Cl)c2)c2c1C(c1ccc(Cl)cc1)=C(C#N)C(N)O2. The van der Waals surface area contributed by atoms with Crippen molar-refractivity contribution in [1.29, 1.82) is 5.26 Å². The Bertz CT molecular complexity index is 1110. The van der Waals surface area contributed by atoms with Crippen LogP contribution in [-0.4, -0.2) is 16.0 Å². The van der Waals surface area contributed by atoms with Gasteiger partial charge in [-0.2, -0.15) is 10.4 Å². The number of halogens is 2. The van der Waals surface area contributed by atoms with E-state index in [4.69, 9.17) is 33.7 Å². The van der Waals surface area contributed by atoms with E-state index in [2.05, 4.69) is 11.2 Å². The second-order valence-corrected chi connectivity index (χ2v) is 6.98. The second-order valence-electron chi connectivity index (χ2n) is 6.10. The summed E-state index contributed by atoms with van der Waals surface area (Å²) in [6.45, 7) is 1.87. The van der Waals surface area contributed by atoms with Crippen LogP contribution in [0.2, 0.25) is 10.0 Å². The van der Waals surface area contributed by atoms with E-state index in [1.807, 2.05) is 31.2 Å². The van der Waals surface area contributed by atoms with Crippen molar-refractivity contribution in [1.82, 2.24) is 9.78 Å². The number of ether oxygens (including phenoxy) is 1. The number of hydrogen-bond acceptors (Lipinski definition) is 4. The monoisotopic (exact) mass is 396 g/mol. The summed E-state index contributed by atoms with van der Waals surface area (Å²) in [5.41, 5.74) is 10.2. The van der Waals surface area contributed by atoms with Crippen molar-refractivity contribution in [2.75, 3.05) is 0 Å². The van der Waals surface area contributed by atoms with Crippen molar-refractivity contribution in [2.45, 2.75) is 13.2 Å². The smallest absolute Gasteiger partial charge is 0.226 e. The van der Waals surface area contributed by atoms with Crippen LogP contribution < -0.4 is 10.5 Å². The molecule has 1 unspecified atom stereocenters. The number of aromatic nitrogens is 2. The Morgan fingerprint density at radius 1 is 1.15 bits per heavy atom. The predicted molar refractivity (Wildman–Crippen MR) is 105 cm³/mol. The molecule has 0 spiro atoms. The lowest BCUT2D eigenvalue weighted by molar-refractivity contribution is 0.228. The Morgan fingerprint density at radius 3 is 2.56 bits per heavy atom. The highest BCUT2D eigenvalue weighted by Crippen LogP contribution is 2.42. The molecule has 3 aromatic rings. The number of hydrogen-bond donors (Lipinski definition) is 1. The summed E-state index contributed by atoms with van der Waals surface area (Å²) < 4.78 is 7.54. The number of aryl methyl sites for hydroxylation is 1. The van der Waals surface area contributed by atoms with Gasteiger partial charge in [0, 0.05) is 15.6 Å². The van der Waals surface area contributed by atoms with Crippen LogP contribution in [0.4, 0.5) is 0 Å². The van der Waals surface area contributed by atoms with Crippen LogP contribution in [0.1, 0.15) is 16.8 Å². The van der Waals surface area contributed by atoms with Crippen molar-refractivity contribution in [3.8, 4) is 17.6 Å². The van der Waals surface area contributed by atoms with Gasteiger partial charge in [-0.1, -0.05) is 41.4 Å². The van der Waals surface area contributed by atoms with E-state index in [-0.39, 0.29) is 0 Å². The van der Waals surface area contributed by atoms with E-state index >= 15 is 0 Å². The Balaban J connectivity index is 1.99. The molecule has 1 atom stereocenters. The molecule has 0 radical (unpaired) electrons. The van der Waals surface area contributed by atoms with Gasteiger partial charge in [-0.25, -0.2) is 4.68 Å². The normalized spacial score (nSPS) is 15.9. The van der Waals surface area contributed by atoms with Crippen LogP contribution in [0.3, 0.4) is 0 Å². The number of fused-ring (bicyclic) bond motifs is 1. The molecule has 1 aromatic heterocycles. The molecule has 2 heterocycles. The molecule has 0 amide bonds. The molecule has 0 saturated heterocycles. The van der Waals surface area contributed by atoms with E-state index in [1.54, 1.807) is 28.9 Å². The molecule has 0 saturated carbocycles. The first-order valence-electron chi connectivity index (χ1n) is 8.18. The third-order valence-electron chi connectivity index (χ3n) is 4.37. The molecule has 0 fully saturated rings. The van der Waals surface area contributed by atoms with Gasteiger partial charge in [-0.15, -0.1) is 0 Å². The maximum Gasteiger partial charge on any atom is 0.226 e. The van der Waals surface area contributed by atoms with Gasteiger partial charge < -0.3 is 4.74 Å². The van der Waals surface area contributed by atoms with Gasteiger partial charge in [0.05, 0.1) is 22.5 Å². The molecule has 134 valence electrons. The molecule has 5 nitrogen and oxygen atoms in total. The highest BCUT2D eigenvalue weighted by molar-refractivity contribution is 6.31. The van der Waals surface area contributed by atoms with Crippen molar-refractivity contribution in [3.05, 3.63) is 81.0 Å². The molecule has 4 rings (SSSR count). The lowest BCUT2D eigenvalue weighted by atomic mass is 9.91. The van der Waals surface area contributed by atoms with Crippen molar-refractivity contribution in [3.63, 3.8) is 0 Å². The van der Waals surface area contributed by atoms with Gasteiger partial charge in [0.25, 0.3) is 0 Å². The molecule has 7 heteroatoms. The van der Waals surface area contributed by atoms with E-state index in [9.17, 15) is 5.26 Å². The van der Waals surface area contributed by atoms with Crippen LogP contribution in [-0.2, 0) is 0 Å². The molecule has 2 N–H and O–H groups in total. The summed E-state index contributed by atoms with van der Waals surface area (Å²) in [7, 11) is 0. The van der Waals surface area contributed by atoms with Crippen molar-refractivity contribution < 1.29 is 4.74 Å². The molecule has 0 aliphatic carbocycles. The molecular formula is C20H14Cl2N4O. The first-order chi connectivity index (χ1) is 13.0.